The molecule has 0 bridgehead atoms. The van der Waals surface area contributed by atoms with E-state index in [1.54, 1.807) is 11.5 Å². The molecule has 1 aromatic heterocycles. The van der Waals surface area contributed by atoms with Crippen molar-refractivity contribution in [3.8, 4) is 5.75 Å². The van der Waals surface area contributed by atoms with Crippen molar-refractivity contribution in [1.29, 1.82) is 0 Å². The van der Waals surface area contributed by atoms with Gasteiger partial charge in [-0.1, -0.05) is 0 Å². The fourth-order valence-corrected chi connectivity index (χ4v) is 2.96. The molecule has 25 heavy (non-hydrogen) atoms. The van der Waals surface area contributed by atoms with Crippen LogP contribution in [-0.2, 0) is 16.1 Å². The highest BCUT2D eigenvalue weighted by atomic mass is 16.5. The fourth-order valence-electron chi connectivity index (χ4n) is 2.96. The zero-order valence-electron chi connectivity index (χ0n) is 13.2. The number of Topliss-reactive ketones (excluding diaryl/α,β-unsaturated/α-hetero) is 2. The highest BCUT2D eigenvalue weighted by molar-refractivity contribution is 6.49. The second-order valence-electron chi connectivity index (χ2n) is 5.81. The molecule has 3 rings (SSSR count). The number of anilines is 1. The van der Waals surface area contributed by atoms with Gasteiger partial charge in [-0.25, -0.2) is 4.79 Å². The van der Waals surface area contributed by atoms with Crippen LogP contribution in [-0.4, -0.2) is 56.2 Å². The monoisotopic (exact) mass is 348 g/mol. The molecular weight excluding hydrogens is 332 g/mol. The van der Waals surface area contributed by atoms with E-state index >= 15 is 0 Å². The number of aromatic nitrogens is 1. The van der Waals surface area contributed by atoms with Crippen LogP contribution in [0.4, 0.5) is 5.69 Å². The van der Waals surface area contributed by atoms with Crippen LogP contribution < -0.4 is 10.5 Å². The molecule has 1 aromatic carbocycles. The molecule has 0 aliphatic carbocycles. The number of benzene rings is 1. The number of rotatable bonds is 4. The number of hydrogen-bond acceptors (Lipinski definition) is 7. The molecule has 9 heteroatoms. The minimum Gasteiger partial charge on any atom is -0.478 e. The van der Waals surface area contributed by atoms with E-state index in [1.807, 2.05) is 0 Å². The van der Waals surface area contributed by atoms with Gasteiger partial charge in [0.25, 0.3) is 11.9 Å². The maximum Gasteiger partial charge on any atom is 0.353 e. The van der Waals surface area contributed by atoms with Crippen LogP contribution in [0, 0.1) is 6.92 Å². The largest absolute Gasteiger partial charge is 0.478 e. The number of nitrogen functional groups attached to an aromatic ring is 1. The molecular formula is C16H16N2O7. The number of fused-ring (bicyclic) bond motifs is 3. The molecule has 2 aromatic rings. The van der Waals surface area contributed by atoms with Crippen LogP contribution in [0.1, 0.15) is 16.1 Å². The smallest absolute Gasteiger partial charge is 0.353 e. The topological polar surface area (TPSA) is 152 Å². The van der Waals surface area contributed by atoms with Gasteiger partial charge < -0.3 is 30.4 Å². The summed E-state index contributed by atoms with van der Waals surface area (Å²) in [5, 5.41) is 28.2. The molecule has 0 saturated carbocycles. The highest BCUT2D eigenvalue weighted by Gasteiger charge is 2.41. The molecule has 132 valence electrons. The first-order chi connectivity index (χ1) is 11.8. The van der Waals surface area contributed by atoms with Crippen LogP contribution in [0.15, 0.2) is 12.1 Å². The first-order valence-corrected chi connectivity index (χ1v) is 7.46. The number of carboxylic acid groups (broad SMARTS) is 1. The molecule has 1 aliphatic heterocycles. The van der Waals surface area contributed by atoms with Gasteiger partial charge >= 0.3 is 5.97 Å². The van der Waals surface area contributed by atoms with Crippen LogP contribution in [0.5, 0.6) is 5.75 Å². The van der Waals surface area contributed by atoms with Gasteiger partial charge in [0.2, 0.25) is 5.78 Å². The molecule has 9 nitrogen and oxygen atoms in total. The van der Waals surface area contributed by atoms with E-state index in [9.17, 15) is 19.5 Å². The van der Waals surface area contributed by atoms with Crippen molar-refractivity contribution >= 4 is 34.1 Å². The van der Waals surface area contributed by atoms with Crippen molar-refractivity contribution in [3.05, 3.63) is 23.4 Å². The summed E-state index contributed by atoms with van der Waals surface area (Å²) in [6, 6.07) is 2.90. The van der Waals surface area contributed by atoms with Crippen LogP contribution >= 0.6 is 0 Å². The second kappa shape index (κ2) is 5.87. The van der Waals surface area contributed by atoms with Gasteiger partial charge in [0.1, 0.15) is 5.75 Å². The first-order valence-electron chi connectivity index (χ1n) is 7.46. The molecule has 0 fully saturated rings. The predicted octanol–water partition coefficient (Wildman–Crippen LogP) is -0.517. The summed E-state index contributed by atoms with van der Waals surface area (Å²) in [4.78, 5) is 35.2. The van der Waals surface area contributed by atoms with E-state index in [4.69, 9.17) is 20.7 Å². The Kier molecular flexibility index (Phi) is 3.97. The summed E-state index contributed by atoms with van der Waals surface area (Å²) in [6.45, 7) is 1.27. The number of carbonyl (C=O) groups excluding carboxylic acids is 2. The third-order valence-electron chi connectivity index (χ3n) is 4.26. The van der Waals surface area contributed by atoms with Gasteiger partial charge in [-0.2, -0.15) is 0 Å². The molecule has 0 amide bonds. The predicted molar refractivity (Wildman–Crippen MR) is 85.6 cm³/mol. The minimum absolute atomic E-state index is 0.0457. The average molecular weight is 348 g/mol. The molecule has 5 N–H and O–H groups in total. The first kappa shape index (κ1) is 16.9. The third kappa shape index (κ3) is 2.44. The Morgan fingerprint density at radius 2 is 2.08 bits per heavy atom. The summed E-state index contributed by atoms with van der Waals surface area (Å²) >= 11 is 0. The van der Waals surface area contributed by atoms with E-state index in [-0.39, 0.29) is 23.5 Å². The Morgan fingerprint density at radius 1 is 1.40 bits per heavy atom. The van der Waals surface area contributed by atoms with E-state index < -0.39 is 36.4 Å². The summed E-state index contributed by atoms with van der Waals surface area (Å²) in [5.74, 6) is -3.72. The van der Waals surface area contributed by atoms with Crippen molar-refractivity contribution in [2.45, 2.75) is 25.7 Å². The number of carboxylic acids is 1. The van der Waals surface area contributed by atoms with E-state index in [0.717, 1.165) is 0 Å². The molecule has 2 atom stereocenters. The van der Waals surface area contributed by atoms with Gasteiger partial charge in [-0.05, 0) is 19.1 Å². The molecule has 2 heterocycles. The van der Waals surface area contributed by atoms with Gasteiger partial charge in [0.15, 0.2) is 0 Å². The molecule has 0 radical (unpaired) electrons. The SMILES string of the molecule is Cc1c(N)c2c3c(ccc2n1CC(O)CO)C(=O)C(=O)C(C(=O)O)O3. The Hall–Kier alpha value is -2.91. The summed E-state index contributed by atoms with van der Waals surface area (Å²) in [6.07, 6.45) is -2.95. The number of ether oxygens (including phenoxy) is 1. The third-order valence-corrected chi connectivity index (χ3v) is 4.26. The highest BCUT2D eigenvalue weighted by Crippen LogP contribution is 2.40. The van der Waals surface area contributed by atoms with Gasteiger partial charge in [0, 0.05) is 5.69 Å². The number of nitrogens with zero attached hydrogens (tertiary/aromatic N) is 1. The summed E-state index contributed by atoms with van der Waals surface area (Å²) in [7, 11) is 0. The number of aliphatic hydroxyl groups is 2. The normalized spacial score (nSPS) is 18.1. The molecule has 1 aliphatic rings. The fraction of sp³-hybridized carbons (Fsp3) is 0.312. The second-order valence-corrected chi connectivity index (χ2v) is 5.81. The summed E-state index contributed by atoms with van der Waals surface area (Å²) in [5.41, 5.74) is 7.32. The van der Waals surface area contributed by atoms with Crippen molar-refractivity contribution < 1.29 is 34.4 Å². The van der Waals surface area contributed by atoms with Crippen molar-refractivity contribution in [2.24, 2.45) is 0 Å². The van der Waals surface area contributed by atoms with Crippen LogP contribution in [0.3, 0.4) is 0 Å². The minimum atomic E-state index is -1.92. The van der Waals surface area contributed by atoms with Gasteiger partial charge in [-0.3, -0.25) is 9.59 Å². The average Bonchev–Trinajstić information content (AvgIpc) is 2.82. The lowest BCUT2D eigenvalue weighted by Gasteiger charge is -2.22. The number of ketones is 2. The van der Waals surface area contributed by atoms with Gasteiger partial charge in [-0.15, -0.1) is 0 Å². The lowest BCUT2D eigenvalue weighted by Crippen LogP contribution is -2.43. The number of aliphatic carboxylic acids is 1. The molecule has 0 spiro atoms. The Bertz CT molecular complexity index is 915. The maximum absolute atomic E-state index is 12.2. The van der Waals surface area contributed by atoms with E-state index in [1.165, 1.54) is 12.1 Å². The Labute approximate surface area is 141 Å². The zero-order valence-corrected chi connectivity index (χ0v) is 13.2. The zero-order chi connectivity index (χ0) is 18.5. The Morgan fingerprint density at radius 3 is 2.68 bits per heavy atom. The molecule has 2 unspecified atom stereocenters. The van der Waals surface area contributed by atoms with Gasteiger partial charge in [0.05, 0.1) is 41.4 Å². The van der Waals surface area contributed by atoms with Crippen molar-refractivity contribution in [3.63, 3.8) is 0 Å². The van der Waals surface area contributed by atoms with E-state index in [2.05, 4.69) is 0 Å². The lowest BCUT2D eigenvalue weighted by atomic mass is 9.97. The van der Waals surface area contributed by atoms with Crippen molar-refractivity contribution in [2.75, 3.05) is 12.3 Å². The lowest BCUT2D eigenvalue weighted by molar-refractivity contribution is -0.149. The summed E-state index contributed by atoms with van der Waals surface area (Å²) < 4.78 is 6.93. The van der Waals surface area contributed by atoms with Crippen LogP contribution in [0.25, 0.3) is 10.9 Å². The van der Waals surface area contributed by atoms with Crippen LogP contribution in [0.2, 0.25) is 0 Å². The van der Waals surface area contributed by atoms with E-state index in [0.29, 0.717) is 16.6 Å². The maximum atomic E-state index is 12.2. The number of carbonyl (C=O) groups is 3. The number of nitrogens with two attached hydrogens (primary N) is 1. The standard InChI is InChI=1S/C16H16N2O7/c1-6-11(17)10-9(18(6)4-7(20)5-19)3-2-8-12(21)13(22)15(16(23)24)25-14(8)10/h2-3,7,15,19-20H,4-5,17H2,1H3,(H,23,24). The Balaban J connectivity index is 2.25. The quantitative estimate of drug-likeness (QED) is 0.425. The molecule has 0 saturated heterocycles. The van der Waals surface area contributed by atoms with Crippen molar-refractivity contribution in [1.82, 2.24) is 4.57 Å². The number of hydrogen-bond donors (Lipinski definition) is 4. The number of aliphatic hydroxyl groups excluding tert-OH is 2.